The molecule has 0 aromatic carbocycles. The van der Waals surface area contributed by atoms with Crippen molar-refractivity contribution in [1.29, 1.82) is 0 Å². The maximum Gasteiger partial charge on any atom is 0.0809 e. The first-order valence-electron chi connectivity index (χ1n) is 11.6. The zero-order valence-corrected chi connectivity index (χ0v) is 18.4. The molecule has 0 heterocycles. The van der Waals surface area contributed by atoms with Gasteiger partial charge in [0.25, 0.3) is 0 Å². The van der Waals surface area contributed by atoms with Gasteiger partial charge in [0.1, 0.15) is 0 Å². The van der Waals surface area contributed by atoms with E-state index in [2.05, 4.69) is 38.3 Å². The second-order valence-corrected chi connectivity index (χ2v) is 11.2. The van der Waals surface area contributed by atoms with Gasteiger partial charge in [-0.3, -0.25) is 0 Å². The Morgan fingerprint density at radius 2 is 1.79 bits per heavy atom. The van der Waals surface area contributed by atoms with Crippen molar-refractivity contribution >= 4 is 0 Å². The fourth-order valence-electron chi connectivity index (χ4n) is 7.78. The number of nitrogens with zero attached hydrogens (tertiary/aromatic N) is 1. The fourth-order valence-corrected chi connectivity index (χ4v) is 7.78. The number of hydrogen-bond donors (Lipinski definition) is 3. The molecule has 0 radical (unpaired) electrons. The molecular formula is C23H42N2O3. The number of aliphatic hydroxyl groups excluding tert-OH is 1. The Morgan fingerprint density at radius 1 is 1.00 bits per heavy atom. The van der Waals surface area contributed by atoms with Crippen LogP contribution in [0.2, 0.25) is 0 Å². The summed E-state index contributed by atoms with van der Waals surface area (Å²) in [4.78, 5) is 7.94. The molecule has 0 bridgehead atoms. The first-order chi connectivity index (χ1) is 13.2. The van der Waals surface area contributed by atoms with Crippen molar-refractivity contribution in [3.05, 3.63) is 0 Å². The first kappa shape index (κ1) is 21.0. The van der Waals surface area contributed by atoms with Crippen LogP contribution in [0.4, 0.5) is 0 Å². The summed E-state index contributed by atoms with van der Waals surface area (Å²) < 4.78 is 0. The summed E-state index contributed by atoms with van der Waals surface area (Å²) in [7, 11) is 4.11. The van der Waals surface area contributed by atoms with Gasteiger partial charge in [-0.25, -0.2) is 0 Å². The Balaban J connectivity index is 1.49. The molecule has 0 aromatic heterocycles. The number of nitrogens with one attached hydrogen (secondary N) is 1. The summed E-state index contributed by atoms with van der Waals surface area (Å²) in [5.41, 5.74) is 2.96. The molecule has 0 spiro atoms. The van der Waals surface area contributed by atoms with Crippen molar-refractivity contribution in [2.45, 2.75) is 89.4 Å². The van der Waals surface area contributed by atoms with E-state index < -0.39 is 5.60 Å². The summed E-state index contributed by atoms with van der Waals surface area (Å²) in [5.74, 6) is 1.64. The summed E-state index contributed by atoms with van der Waals surface area (Å²) >= 11 is 0. The largest absolute Gasteiger partial charge is 0.393 e. The number of aliphatic hydroxyl groups is 2. The van der Waals surface area contributed by atoms with Gasteiger partial charge in [0, 0.05) is 18.0 Å². The van der Waals surface area contributed by atoms with Crippen LogP contribution in [-0.4, -0.2) is 60.1 Å². The van der Waals surface area contributed by atoms with Gasteiger partial charge in [0.2, 0.25) is 0 Å². The standard InChI is InChI=1S/C23H42N2O3/c1-21-10-7-17(26)15-16(21)5-6-19-18(21)8-11-22(2)20(9-12-23(19,22)27)24-28-14-13-25(3)4/h16-20,24,26-27H,5-15H2,1-4H3/t16-,17+,18+,19-,20+,21+,22-,23+/m1/s1. The molecule has 28 heavy (non-hydrogen) atoms. The quantitative estimate of drug-likeness (QED) is 0.494. The van der Waals surface area contributed by atoms with Crippen LogP contribution in [0.15, 0.2) is 0 Å². The minimum absolute atomic E-state index is 0.106. The second-order valence-electron chi connectivity index (χ2n) is 11.2. The smallest absolute Gasteiger partial charge is 0.0809 e. The van der Waals surface area contributed by atoms with Crippen molar-refractivity contribution in [2.75, 3.05) is 27.2 Å². The predicted molar refractivity (Wildman–Crippen MR) is 111 cm³/mol. The van der Waals surface area contributed by atoms with Gasteiger partial charge < -0.3 is 20.0 Å². The minimum atomic E-state index is -0.581. The molecule has 4 fully saturated rings. The van der Waals surface area contributed by atoms with E-state index in [9.17, 15) is 10.2 Å². The third-order valence-electron chi connectivity index (χ3n) is 9.69. The van der Waals surface area contributed by atoms with Crippen molar-refractivity contribution in [3.63, 3.8) is 0 Å². The van der Waals surface area contributed by atoms with Crippen LogP contribution in [0.25, 0.3) is 0 Å². The lowest BCUT2D eigenvalue weighted by Crippen LogP contribution is -2.64. The Kier molecular flexibility index (Phi) is 5.63. The van der Waals surface area contributed by atoms with E-state index in [0.717, 1.165) is 51.5 Å². The van der Waals surface area contributed by atoms with E-state index in [1.165, 1.54) is 12.8 Å². The molecule has 0 aromatic rings. The highest BCUT2D eigenvalue weighted by molar-refractivity contribution is 5.18. The number of hydroxylamine groups is 1. The monoisotopic (exact) mass is 394 g/mol. The van der Waals surface area contributed by atoms with Crippen molar-refractivity contribution < 1.29 is 15.1 Å². The average molecular weight is 395 g/mol. The van der Waals surface area contributed by atoms with Crippen LogP contribution in [0.3, 0.4) is 0 Å². The lowest BCUT2D eigenvalue weighted by molar-refractivity contribution is -0.211. The van der Waals surface area contributed by atoms with E-state index in [1.807, 2.05) is 0 Å². The Morgan fingerprint density at radius 3 is 2.54 bits per heavy atom. The molecule has 4 rings (SSSR count). The Labute approximate surface area is 171 Å². The summed E-state index contributed by atoms with van der Waals surface area (Å²) in [6.45, 7) is 6.35. The highest BCUT2D eigenvalue weighted by Gasteiger charge is 2.67. The molecule has 4 saturated carbocycles. The van der Waals surface area contributed by atoms with Gasteiger partial charge in [-0.05, 0) is 95.1 Å². The highest BCUT2D eigenvalue weighted by Crippen LogP contribution is 2.67. The summed E-state index contributed by atoms with van der Waals surface area (Å²) in [5, 5.41) is 22.3. The van der Waals surface area contributed by atoms with E-state index in [0.29, 0.717) is 29.8 Å². The van der Waals surface area contributed by atoms with E-state index in [1.54, 1.807) is 0 Å². The number of rotatable bonds is 5. The van der Waals surface area contributed by atoms with Crippen LogP contribution >= 0.6 is 0 Å². The topological polar surface area (TPSA) is 65.0 Å². The molecule has 0 unspecified atom stereocenters. The molecular weight excluding hydrogens is 352 g/mol. The maximum absolute atomic E-state index is 12.1. The fraction of sp³-hybridized carbons (Fsp3) is 1.00. The Bertz CT molecular complexity index is 572. The van der Waals surface area contributed by atoms with Crippen molar-refractivity contribution in [1.82, 2.24) is 10.4 Å². The van der Waals surface area contributed by atoms with Crippen LogP contribution in [0, 0.1) is 28.6 Å². The number of likely N-dealkylation sites (N-methyl/N-ethyl adjacent to an activating group) is 1. The van der Waals surface area contributed by atoms with Crippen molar-refractivity contribution in [3.8, 4) is 0 Å². The van der Waals surface area contributed by atoms with Gasteiger partial charge in [-0.2, -0.15) is 5.48 Å². The molecule has 5 heteroatoms. The molecule has 4 aliphatic carbocycles. The van der Waals surface area contributed by atoms with Gasteiger partial charge in [-0.1, -0.05) is 13.8 Å². The molecule has 3 N–H and O–H groups in total. The van der Waals surface area contributed by atoms with Crippen LogP contribution in [0.1, 0.15) is 71.6 Å². The number of fused-ring (bicyclic) bond motifs is 5. The number of hydrogen-bond acceptors (Lipinski definition) is 5. The van der Waals surface area contributed by atoms with Crippen LogP contribution in [-0.2, 0) is 4.84 Å². The lowest BCUT2D eigenvalue weighted by atomic mass is 9.43. The summed E-state index contributed by atoms with van der Waals surface area (Å²) in [6.07, 6.45) is 9.40. The Hall–Kier alpha value is -0.200. The lowest BCUT2D eigenvalue weighted by Gasteiger charge is -2.63. The van der Waals surface area contributed by atoms with Gasteiger partial charge >= 0.3 is 0 Å². The van der Waals surface area contributed by atoms with Crippen LogP contribution in [0.5, 0.6) is 0 Å². The van der Waals surface area contributed by atoms with Gasteiger partial charge in [0.05, 0.1) is 18.3 Å². The molecule has 162 valence electrons. The molecule has 0 amide bonds. The SMILES string of the molecule is CN(C)CCON[C@H]1CC[C@]2(O)[C@@H]3CC[C@@H]4C[C@@H](O)CC[C@]4(C)[C@H]3CC[C@]12C. The molecule has 8 atom stereocenters. The first-order valence-corrected chi connectivity index (χ1v) is 11.6. The zero-order valence-electron chi connectivity index (χ0n) is 18.4. The van der Waals surface area contributed by atoms with Gasteiger partial charge in [0.15, 0.2) is 0 Å². The molecule has 4 aliphatic rings. The molecule has 0 aliphatic heterocycles. The van der Waals surface area contributed by atoms with E-state index >= 15 is 0 Å². The van der Waals surface area contributed by atoms with Crippen LogP contribution < -0.4 is 5.48 Å². The van der Waals surface area contributed by atoms with Crippen molar-refractivity contribution in [2.24, 2.45) is 28.6 Å². The summed E-state index contributed by atoms with van der Waals surface area (Å²) in [6, 6.07) is 0.235. The van der Waals surface area contributed by atoms with E-state index in [-0.39, 0.29) is 17.6 Å². The average Bonchev–Trinajstić information content (AvgIpc) is 2.90. The molecule has 0 saturated heterocycles. The van der Waals surface area contributed by atoms with E-state index in [4.69, 9.17) is 4.84 Å². The minimum Gasteiger partial charge on any atom is -0.393 e. The normalized spacial score (nSPS) is 50.9. The third kappa shape index (κ3) is 3.17. The van der Waals surface area contributed by atoms with Gasteiger partial charge in [-0.15, -0.1) is 0 Å². The maximum atomic E-state index is 12.1. The predicted octanol–water partition coefficient (Wildman–Crippen LogP) is 2.96. The highest BCUT2D eigenvalue weighted by atomic mass is 16.6. The molecule has 5 nitrogen and oxygen atoms in total. The third-order valence-corrected chi connectivity index (χ3v) is 9.69. The zero-order chi connectivity index (χ0) is 20.2. The second kappa shape index (κ2) is 7.49.